The molecule has 7 N–H and O–H groups in total. The molecule has 5 aliphatic rings. The van der Waals surface area contributed by atoms with E-state index in [0.29, 0.717) is 25.7 Å². The van der Waals surface area contributed by atoms with Crippen molar-refractivity contribution < 1.29 is 40.5 Å². The lowest BCUT2D eigenvalue weighted by atomic mass is 9.33. The van der Waals surface area contributed by atoms with Crippen LogP contribution < -0.4 is 0 Å². The van der Waals surface area contributed by atoms with Gasteiger partial charge in [0.2, 0.25) is 0 Å². The first-order valence-electron chi connectivity index (χ1n) is 17.8. The molecule has 4 aliphatic carbocycles. The molecule has 0 radical (unpaired) electrons. The first kappa shape index (κ1) is 35.7. The third-order valence-corrected chi connectivity index (χ3v) is 14.9. The molecule has 1 heterocycles. The van der Waals surface area contributed by atoms with Crippen LogP contribution in [0.4, 0.5) is 0 Å². The number of ether oxygens (including phenoxy) is 1. The summed E-state index contributed by atoms with van der Waals surface area (Å²) in [5.74, 6) is 0.234. The van der Waals surface area contributed by atoms with E-state index in [1.54, 1.807) is 0 Å². The molecule has 5 fully saturated rings. The predicted octanol–water partition coefficient (Wildman–Crippen LogP) is 3.96. The quantitative estimate of drug-likeness (QED) is 0.208. The van der Waals surface area contributed by atoms with Crippen molar-refractivity contribution in [3.05, 3.63) is 11.6 Å². The van der Waals surface area contributed by atoms with Crippen LogP contribution in [0.25, 0.3) is 0 Å². The fourth-order valence-corrected chi connectivity index (χ4v) is 12.7. The summed E-state index contributed by atoms with van der Waals surface area (Å²) < 4.78 is 6.10. The van der Waals surface area contributed by atoms with Gasteiger partial charge in [-0.25, -0.2) is 0 Å². The fourth-order valence-electron chi connectivity index (χ4n) is 12.7. The van der Waals surface area contributed by atoms with E-state index in [4.69, 9.17) is 4.74 Å². The monoisotopic (exact) mass is 636 g/mol. The SMILES string of the molecule is CC(C)=CCC[C@](C)(O)[C@H]1CC[C@]2(C)[C@@H]1[C@H](O)C[C@@H]1[C@@]3(C)CC[C@H](O)C(C)(C)[C@@H]3[C@@H](CC3OC(CO)C(O)C(O)C3O)C[C@]12C. The Labute approximate surface area is 271 Å². The molecule has 5 unspecified atom stereocenters. The van der Waals surface area contributed by atoms with E-state index in [2.05, 4.69) is 54.5 Å². The van der Waals surface area contributed by atoms with Gasteiger partial charge in [-0.1, -0.05) is 46.3 Å². The average molecular weight is 637 g/mol. The van der Waals surface area contributed by atoms with Crippen LogP contribution in [-0.2, 0) is 4.74 Å². The zero-order valence-corrected chi connectivity index (χ0v) is 29.1. The fraction of sp³-hybridized carbons (Fsp3) is 0.946. The minimum atomic E-state index is -1.42. The second kappa shape index (κ2) is 12.1. The van der Waals surface area contributed by atoms with Gasteiger partial charge in [0.1, 0.15) is 24.4 Å². The maximum Gasteiger partial charge on any atom is 0.111 e. The molecule has 5 rings (SSSR count). The van der Waals surface area contributed by atoms with Gasteiger partial charge in [-0.15, -0.1) is 0 Å². The van der Waals surface area contributed by atoms with Crippen molar-refractivity contribution in [2.45, 2.75) is 162 Å². The van der Waals surface area contributed by atoms with Crippen molar-refractivity contribution in [2.24, 2.45) is 51.2 Å². The highest BCUT2D eigenvalue weighted by Crippen LogP contribution is 2.77. The minimum absolute atomic E-state index is 0.0140. The normalized spacial score (nSPS) is 52.2. The van der Waals surface area contributed by atoms with Gasteiger partial charge in [-0.3, -0.25) is 0 Å². The molecule has 16 atom stereocenters. The lowest BCUT2D eigenvalue weighted by Gasteiger charge is -2.72. The number of fused-ring (bicyclic) bond motifs is 5. The molecule has 260 valence electrons. The molecular formula is C37H64O8. The van der Waals surface area contributed by atoms with Crippen molar-refractivity contribution in [2.75, 3.05) is 6.61 Å². The van der Waals surface area contributed by atoms with Crippen LogP contribution in [-0.4, -0.2) is 90.7 Å². The summed E-state index contributed by atoms with van der Waals surface area (Å²) in [5, 5.41) is 77.6. The average Bonchev–Trinajstić information content (AvgIpc) is 3.33. The summed E-state index contributed by atoms with van der Waals surface area (Å²) in [4.78, 5) is 0. The van der Waals surface area contributed by atoms with Crippen molar-refractivity contribution in [3.63, 3.8) is 0 Å². The van der Waals surface area contributed by atoms with Gasteiger partial charge >= 0.3 is 0 Å². The van der Waals surface area contributed by atoms with E-state index in [-0.39, 0.29) is 45.8 Å². The Kier molecular flexibility index (Phi) is 9.59. The Morgan fingerprint density at radius 3 is 2.16 bits per heavy atom. The molecule has 0 aromatic rings. The van der Waals surface area contributed by atoms with Crippen LogP contribution >= 0.6 is 0 Å². The van der Waals surface area contributed by atoms with Crippen LogP contribution in [0.15, 0.2) is 11.6 Å². The van der Waals surface area contributed by atoms with E-state index in [1.165, 1.54) is 5.57 Å². The summed E-state index contributed by atoms with van der Waals surface area (Å²) >= 11 is 0. The molecule has 0 amide bonds. The topological polar surface area (TPSA) is 151 Å². The molecule has 4 saturated carbocycles. The minimum Gasteiger partial charge on any atom is -0.394 e. The molecule has 45 heavy (non-hydrogen) atoms. The zero-order valence-electron chi connectivity index (χ0n) is 29.1. The van der Waals surface area contributed by atoms with Crippen LogP contribution in [0.2, 0.25) is 0 Å². The smallest absolute Gasteiger partial charge is 0.111 e. The number of hydrogen-bond acceptors (Lipinski definition) is 8. The standard InChI is InChI=1S/C37H64O8/c1-20(2)10-9-13-37(8,44)22-11-15-35(6)28(22)23(39)17-26-34(5)14-12-27(40)33(3,4)32(34)21(18-36(26,35)7)16-24-29(41)31(43)30(42)25(19-38)45-24/h10,21-32,38-44H,9,11-19H2,1-8H3/t21-,22-,23+,24?,25?,26+,27-,28-,29?,30?,31?,32-,34+,35+,36+,37-/m0/s1. The second-order valence-electron chi connectivity index (χ2n) is 18.0. The summed E-state index contributed by atoms with van der Waals surface area (Å²) in [6, 6.07) is 0. The van der Waals surface area contributed by atoms with E-state index in [1.807, 2.05) is 6.92 Å². The first-order valence-corrected chi connectivity index (χ1v) is 17.8. The maximum atomic E-state index is 12.1. The lowest BCUT2D eigenvalue weighted by Crippen LogP contribution is -2.69. The molecule has 8 nitrogen and oxygen atoms in total. The Balaban J connectivity index is 1.54. The molecule has 1 aliphatic heterocycles. The second-order valence-corrected chi connectivity index (χ2v) is 18.0. The van der Waals surface area contributed by atoms with E-state index in [0.717, 1.165) is 32.1 Å². The Hall–Kier alpha value is -0.580. The number of aliphatic hydroxyl groups is 7. The lowest BCUT2D eigenvalue weighted by molar-refractivity contribution is -0.275. The van der Waals surface area contributed by atoms with Gasteiger partial charge in [0.25, 0.3) is 0 Å². The predicted molar refractivity (Wildman–Crippen MR) is 173 cm³/mol. The molecule has 1 saturated heterocycles. The Bertz CT molecular complexity index is 1100. The number of hydrogen-bond donors (Lipinski definition) is 7. The molecule has 0 bridgehead atoms. The third kappa shape index (κ3) is 5.50. The van der Waals surface area contributed by atoms with Gasteiger partial charge in [0, 0.05) is 0 Å². The van der Waals surface area contributed by atoms with Gasteiger partial charge < -0.3 is 40.5 Å². The largest absolute Gasteiger partial charge is 0.394 e. The van der Waals surface area contributed by atoms with Gasteiger partial charge in [0.05, 0.1) is 30.5 Å². The summed E-state index contributed by atoms with van der Waals surface area (Å²) in [5.41, 5.74) is -0.708. The van der Waals surface area contributed by atoms with Gasteiger partial charge in [-0.05, 0) is 130 Å². The van der Waals surface area contributed by atoms with E-state index < -0.39 is 60.4 Å². The van der Waals surface area contributed by atoms with Crippen molar-refractivity contribution in [1.29, 1.82) is 0 Å². The summed E-state index contributed by atoms with van der Waals surface area (Å²) in [6.45, 7) is 17.1. The van der Waals surface area contributed by atoms with Crippen molar-refractivity contribution in [1.82, 2.24) is 0 Å². The highest BCUT2D eigenvalue weighted by molar-refractivity contribution is 5.21. The van der Waals surface area contributed by atoms with E-state index >= 15 is 0 Å². The number of allylic oxidation sites excluding steroid dienone is 2. The van der Waals surface area contributed by atoms with Crippen LogP contribution in [0.1, 0.15) is 113 Å². The summed E-state index contributed by atoms with van der Waals surface area (Å²) in [6.07, 6.45) is 2.06. The summed E-state index contributed by atoms with van der Waals surface area (Å²) in [7, 11) is 0. The van der Waals surface area contributed by atoms with Crippen LogP contribution in [0.5, 0.6) is 0 Å². The Morgan fingerprint density at radius 2 is 1.53 bits per heavy atom. The molecule has 0 aromatic carbocycles. The van der Waals surface area contributed by atoms with Gasteiger partial charge in [-0.2, -0.15) is 0 Å². The van der Waals surface area contributed by atoms with Crippen molar-refractivity contribution >= 4 is 0 Å². The Morgan fingerprint density at radius 1 is 0.889 bits per heavy atom. The highest BCUT2D eigenvalue weighted by atomic mass is 16.5. The molecule has 0 spiro atoms. The third-order valence-electron chi connectivity index (χ3n) is 14.9. The first-order chi connectivity index (χ1) is 20.8. The zero-order chi connectivity index (χ0) is 33.5. The van der Waals surface area contributed by atoms with E-state index in [9.17, 15) is 35.7 Å². The number of aliphatic hydroxyl groups excluding tert-OH is 6. The molecule has 0 aromatic heterocycles. The van der Waals surface area contributed by atoms with Gasteiger partial charge in [0.15, 0.2) is 0 Å². The van der Waals surface area contributed by atoms with Crippen LogP contribution in [0.3, 0.4) is 0 Å². The maximum absolute atomic E-state index is 12.1. The number of rotatable bonds is 7. The molecular weight excluding hydrogens is 572 g/mol. The van der Waals surface area contributed by atoms with Crippen molar-refractivity contribution in [3.8, 4) is 0 Å². The van der Waals surface area contributed by atoms with Crippen LogP contribution in [0, 0.1) is 51.2 Å². The molecule has 8 heteroatoms. The highest BCUT2D eigenvalue weighted by Gasteiger charge is 2.73.